The molecular weight excluding hydrogens is 144 g/mol. The van der Waals surface area contributed by atoms with Gasteiger partial charge in [0.25, 0.3) is 0 Å². The van der Waals surface area contributed by atoms with E-state index >= 15 is 0 Å². The van der Waals surface area contributed by atoms with Gasteiger partial charge in [0.2, 0.25) is 0 Å². The Morgan fingerprint density at radius 3 is 3.10 bits per heavy atom. The smallest absolute Gasteiger partial charge is 0.0884 e. The quantitative estimate of drug-likeness (QED) is 0.613. The Kier molecular flexibility index (Phi) is 1.02. The zero-order chi connectivity index (χ0) is 7.14. The third kappa shape index (κ3) is 0.640. The highest BCUT2D eigenvalue weighted by molar-refractivity contribution is 7.22. The summed E-state index contributed by atoms with van der Waals surface area (Å²) in [6, 6.07) is 4.08. The van der Waals surface area contributed by atoms with Crippen LogP contribution in [0.3, 0.4) is 0 Å². The molecule has 2 N–H and O–H groups in total. The Balaban J connectivity index is 2.90. The fourth-order valence-electron chi connectivity index (χ4n) is 1.07. The Morgan fingerprint density at radius 1 is 1.60 bits per heavy atom. The minimum atomic E-state index is 0.890. The predicted octanol–water partition coefficient (Wildman–Crippen LogP) is 1.82. The normalized spacial score (nSPS) is 10.9. The van der Waals surface area contributed by atoms with Crippen molar-refractivity contribution in [1.82, 2.24) is 4.57 Å². The summed E-state index contributed by atoms with van der Waals surface area (Å²) < 4.78 is 3.34. The topological polar surface area (TPSA) is 30.9 Å². The maximum absolute atomic E-state index is 5.61. The van der Waals surface area contributed by atoms with Gasteiger partial charge in [-0.05, 0) is 12.1 Å². The van der Waals surface area contributed by atoms with Gasteiger partial charge in [-0.2, -0.15) is 0 Å². The second-order valence-corrected chi connectivity index (χ2v) is 3.44. The van der Waals surface area contributed by atoms with E-state index in [1.807, 2.05) is 19.3 Å². The molecule has 3 heteroatoms. The van der Waals surface area contributed by atoms with Crippen LogP contribution >= 0.6 is 11.3 Å². The number of hydrogen-bond acceptors (Lipinski definition) is 2. The zero-order valence-electron chi connectivity index (χ0n) is 5.66. The van der Waals surface area contributed by atoms with Gasteiger partial charge < -0.3 is 10.3 Å². The van der Waals surface area contributed by atoms with E-state index in [0.29, 0.717) is 0 Å². The number of aryl methyl sites for hydroxylation is 1. The average Bonchev–Trinajstić information content (AvgIpc) is 2.35. The van der Waals surface area contributed by atoms with Crippen LogP contribution in [0.1, 0.15) is 0 Å². The predicted molar refractivity (Wildman–Crippen MR) is 45.2 cm³/mol. The number of hydrogen-bond donors (Lipinski definition) is 1. The van der Waals surface area contributed by atoms with Gasteiger partial charge in [-0.3, -0.25) is 0 Å². The van der Waals surface area contributed by atoms with Crippen molar-refractivity contribution in [1.29, 1.82) is 0 Å². The fourth-order valence-corrected chi connectivity index (χ4v) is 1.93. The number of aromatic nitrogens is 1. The van der Waals surface area contributed by atoms with Gasteiger partial charge in [0.1, 0.15) is 0 Å². The molecule has 0 amide bonds. The number of nitrogen functional groups attached to an aromatic ring is 1. The van der Waals surface area contributed by atoms with Crippen molar-refractivity contribution < 1.29 is 0 Å². The molecule has 2 nitrogen and oxygen atoms in total. The first kappa shape index (κ1) is 5.80. The molecule has 0 aromatic carbocycles. The Hall–Kier alpha value is -0.960. The number of fused-ring (bicyclic) bond motifs is 1. The van der Waals surface area contributed by atoms with E-state index in [1.54, 1.807) is 11.3 Å². The van der Waals surface area contributed by atoms with Gasteiger partial charge in [0, 0.05) is 13.2 Å². The molecule has 0 unspecified atom stereocenters. The first-order chi connectivity index (χ1) is 4.77. The Bertz CT molecular complexity index is 358. The molecule has 52 valence electrons. The van der Waals surface area contributed by atoms with Crippen LogP contribution in [0, 0.1) is 0 Å². The lowest BCUT2D eigenvalue weighted by Crippen LogP contribution is -1.81. The summed E-state index contributed by atoms with van der Waals surface area (Å²) in [5.41, 5.74) is 6.83. The minimum absolute atomic E-state index is 0.890. The van der Waals surface area contributed by atoms with Crippen molar-refractivity contribution in [3.05, 3.63) is 18.3 Å². The largest absolute Gasteiger partial charge is 0.391 e. The standard InChI is InChI=1S/C7H8N2S/c1-9-3-2-6-5(9)4-7(8)10-6/h2-4H,8H2,1H3. The SMILES string of the molecule is Cn1ccc2sc(N)cc21. The summed E-state index contributed by atoms with van der Waals surface area (Å²) in [5.74, 6) is 0. The number of nitrogens with two attached hydrogens (primary N) is 1. The van der Waals surface area contributed by atoms with Gasteiger partial charge in [-0.15, -0.1) is 11.3 Å². The lowest BCUT2D eigenvalue weighted by atomic mass is 10.5. The van der Waals surface area contributed by atoms with Crippen LogP contribution in [-0.4, -0.2) is 4.57 Å². The molecule has 0 bridgehead atoms. The monoisotopic (exact) mass is 152 g/mol. The van der Waals surface area contributed by atoms with Crippen molar-refractivity contribution in [3.63, 3.8) is 0 Å². The van der Waals surface area contributed by atoms with Crippen LogP contribution in [0.15, 0.2) is 18.3 Å². The van der Waals surface area contributed by atoms with Gasteiger partial charge in [0.15, 0.2) is 0 Å². The van der Waals surface area contributed by atoms with Crippen LogP contribution < -0.4 is 5.73 Å². The average molecular weight is 152 g/mol. The minimum Gasteiger partial charge on any atom is -0.391 e. The maximum atomic E-state index is 5.61. The van der Waals surface area contributed by atoms with E-state index in [1.165, 1.54) is 10.2 Å². The van der Waals surface area contributed by atoms with E-state index < -0.39 is 0 Å². The number of thiophene rings is 1. The molecule has 0 radical (unpaired) electrons. The molecule has 10 heavy (non-hydrogen) atoms. The molecular formula is C7H8N2S. The second-order valence-electron chi connectivity index (χ2n) is 2.32. The van der Waals surface area contributed by atoms with Crippen LogP contribution in [-0.2, 0) is 7.05 Å². The highest BCUT2D eigenvalue weighted by atomic mass is 32.1. The first-order valence-corrected chi connectivity index (χ1v) is 3.89. The molecule has 0 aliphatic heterocycles. The molecule has 2 rings (SSSR count). The van der Waals surface area contributed by atoms with E-state index in [4.69, 9.17) is 5.73 Å². The van der Waals surface area contributed by atoms with Crippen molar-refractivity contribution in [2.75, 3.05) is 5.73 Å². The summed E-state index contributed by atoms with van der Waals surface area (Å²) in [6.07, 6.45) is 2.04. The van der Waals surface area contributed by atoms with Gasteiger partial charge in [-0.25, -0.2) is 0 Å². The summed E-state index contributed by atoms with van der Waals surface area (Å²) in [5, 5.41) is 0.890. The summed E-state index contributed by atoms with van der Waals surface area (Å²) >= 11 is 1.63. The lowest BCUT2D eigenvalue weighted by molar-refractivity contribution is 0.970. The van der Waals surface area contributed by atoms with Crippen molar-refractivity contribution in [2.24, 2.45) is 7.05 Å². The van der Waals surface area contributed by atoms with Crippen molar-refractivity contribution >= 4 is 26.6 Å². The summed E-state index contributed by atoms with van der Waals surface area (Å²) in [6.45, 7) is 0. The Labute approximate surface area is 62.9 Å². The van der Waals surface area contributed by atoms with E-state index in [-0.39, 0.29) is 0 Å². The van der Waals surface area contributed by atoms with Crippen molar-refractivity contribution in [2.45, 2.75) is 0 Å². The Morgan fingerprint density at radius 2 is 2.40 bits per heavy atom. The first-order valence-electron chi connectivity index (χ1n) is 3.08. The summed E-state index contributed by atoms with van der Waals surface area (Å²) in [4.78, 5) is 0. The lowest BCUT2D eigenvalue weighted by Gasteiger charge is -1.86. The van der Waals surface area contributed by atoms with Gasteiger partial charge in [-0.1, -0.05) is 0 Å². The third-order valence-electron chi connectivity index (χ3n) is 1.59. The summed E-state index contributed by atoms with van der Waals surface area (Å²) in [7, 11) is 2.02. The highest BCUT2D eigenvalue weighted by Crippen LogP contribution is 2.27. The number of anilines is 1. The van der Waals surface area contributed by atoms with Crippen LogP contribution in [0.4, 0.5) is 5.00 Å². The fraction of sp³-hybridized carbons (Fsp3) is 0.143. The molecule has 2 heterocycles. The molecule has 0 atom stereocenters. The number of rotatable bonds is 0. The molecule has 0 saturated heterocycles. The molecule has 2 aromatic rings. The molecule has 0 fully saturated rings. The van der Waals surface area contributed by atoms with Crippen LogP contribution in [0.2, 0.25) is 0 Å². The maximum Gasteiger partial charge on any atom is 0.0884 e. The van der Waals surface area contributed by atoms with Crippen LogP contribution in [0.25, 0.3) is 10.2 Å². The molecule has 0 aliphatic carbocycles. The highest BCUT2D eigenvalue weighted by Gasteiger charge is 2.00. The van der Waals surface area contributed by atoms with Crippen LogP contribution in [0.5, 0.6) is 0 Å². The molecule has 0 aliphatic rings. The van der Waals surface area contributed by atoms with Gasteiger partial charge >= 0.3 is 0 Å². The number of nitrogens with zero attached hydrogens (tertiary/aromatic N) is 1. The van der Waals surface area contributed by atoms with Crippen molar-refractivity contribution in [3.8, 4) is 0 Å². The van der Waals surface area contributed by atoms with E-state index in [2.05, 4.69) is 10.6 Å². The molecule has 2 aromatic heterocycles. The second kappa shape index (κ2) is 1.76. The third-order valence-corrected chi connectivity index (χ3v) is 2.51. The molecule has 0 spiro atoms. The van der Waals surface area contributed by atoms with Gasteiger partial charge in [0.05, 0.1) is 15.2 Å². The van der Waals surface area contributed by atoms with E-state index in [9.17, 15) is 0 Å². The molecule has 0 saturated carbocycles. The zero-order valence-corrected chi connectivity index (χ0v) is 6.48. The van der Waals surface area contributed by atoms with E-state index in [0.717, 1.165) is 5.00 Å².